The third kappa shape index (κ3) is 15.5. The fourth-order valence-corrected chi connectivity index (χ4v) is 7.04. The molecule has 9 atom stereocenters. The quantitative estimate of drug-likeness (QED) is 0.0500. The molecule has 1 aromatic carbocycles. The van der Waals surface area contributed by atoms with Gasteiger partial charge in [-0.1, -0.05) is 98.9 Å². The van der Waals surface area contributed by atoms with Gasteiger partial charge in [0.1, 0.15) is 30.0 Å². The number of amides is 4. The molecule has 0 spiro atoms. The summed E-state index contributed by atoms with van der Waals surface area (Å²) < 4.78 is 6.20. The summed E-state index contributed by atoms with van der Waals surface area (Å²) in [5, 5.41) is 40.9. The molecule has 0 aliphatic carbocycles. The van der Waals surface area contributed by atoms with Gasteiger partial charge in [-0.15, -0.1) is 0 Å². The van der Waals surface area contributed by atoms with Crippen molar-refractivity contribution < 1.29 is 48.9 Å². The second kappa shape index (κ2) is 24.2. The number of hydrogen-bond donors (Lipinski definition) is 6. The topological polar surface area (TPSA) is 207 Å². The minimum atomic E-state index is -1.28. The van der Waals surface area contributed by atoms with Crippen molar-refractivity contribution >= 4 is 52.2 Å². The average molecular weight is 936 g/mol. The van der Waals surface area contributed by atoms with Gasteiger partial charge in [-0.3, -0.25) is 33.8 Å². The lowest BCUT2D eigenvalue weighted by Crippen LogP contribution is -2.62. The molecular weight excluding hydrogens is 873 g/mol. The predicted octanol–water partition coefficient (Wildman–Crippen LogP) is 3.58. The van der Waals surface area contributed by atoms with E-state index in [-0.39, 0.29) is 29.1 Å². The fourth-order valence-electron chi connectivity index (χ4n) is 6.68. The summed E-state index contributed by atoms with van der Waals surface area (Å²) in [5.74, 6) is -4.94. The van der Waals surface area contributed by atoms with Gasteiger partial charge in [0, 0.05) is 42.4 Å². The standard InChI is InChI=1S/C43H62IN5O10/c1-26(2)38-41(55)45-34(25-30-15-12-16-31(50)24-30)42(56)49-23-13-17-33(47-49)43(57)59-36(27(3)14-11-20-37(52)48(6)58-7)19-10-8-9-18-35(51)29(5)39(53)32(40(54)46-38)22-21-28(4)44/h8-12,14-16,18,20,24,26,28-29,32-36,38-39,47,50-51,53H,13,17,19,21-23,25H2,1-7H3,(H,45,55)(H,46,54)/b10-8+,18-9+,20-11+,27-14+/t28?,29-,32+,33?,34-,35-,36-,38-,39+/m0/s1. The van der Waals surface area contributed by atoms with Gasteiger partial charge >= 0.3 is 5.97 Å². The second-order valence-electron chi connectivity index (χ2n) is 15.5. The molecule has 0 radical (unpaired) electrons. The predicted molar refractivity (Wildman–Crippen MR) is 231 cm³/mol. The first-order valence-electron chi connectivity index (χ1n) is 20.1. The Labute approximate surface area is 361 Å². The highest BCUT2D eigenvalue weighted by molar-refractivity contribution is 14.1. The van der Waals surface area contributed by atoms with Crippen LogP contribution in [0.4, 0.5) is 0 Å². The first-order chi connectivity index (χ1) is 27.9. The van der Waals surface area contributed by atoms with Crippen molar-refractivity contribution in [1.29, 1.82) is 0 Å². The first-order valence-corrected chi connectivity index (χ1v) is 21.3. The Bertz CT molecular complexity index is 1710. The largest absolute Gasteiger partial charge is 0.508 e. The second-order valence-corrected chi connectivity index (χ2v) is 17.7. The lowest BCUT2D eigenvalue weighted by Gasteiger charge is -2.36. The van der Waals surface area contributed by atoms with Crippen molar-refractivity contribution in [3.05, 3.63) is 77.9 Å². The third-order valence-electron chi connectivity index (χ3n) is 10.5. The number of aromatic hydroxyl groups is 1. The summed E-state index contributed by atoms with van der Waals surface area (Å²) in [6.07, 6.45) is 9.70. The molecule has 1 fully saturated rings. The zero-order chi connectivity index (χ0) is 43.8. The number of likely N-dealkylation sites (N-methyl/N-ethyl adjacent to an activating group) is 1. The zero-order valence-corrected chi connectivity index (χ0v) is 37.2. The van der Waals surface area contributed by atoms with Gasteiger partial charge in [-0.2, -0.15) is 0 Å². The number of esters is 1. The van der Waals surface area contributed by atoms with Gasteiger partial charge in [0.05, 0.1) is 25.2 Å². The summed E-state index contributed by atoms with van der Waals surface area (Å²) in [6, 6.07) is 3.12. The van der Waals surface area contributed by atoms with Gasteiger partial charge in [0.2, 0.25) is 11.8 Å². The minimum absolute atomic E-state index is 0.0164. The molecule has 3 rings (SSSR count). The molecule has 2 bridgehead atoms. The number of carbonyl (C=O) groups excluding carboxylic acids is 5. The number of alkyl halides is 1. The van der Waals surface area contributed by atoms with E-state index in [0.29, 0.717) is 36.8 Å². The summed E-state index contributed by atoms with van der Waals surface area (Å²) in [5.41, 5.74) is 4.18. The van der Waals surface area contributed by atoms with Gasteiger partial charge in [0.15, 0.2) is 0 Å². The van der Waals surface area contributed by atoms with Crippen LogP contribution in [0, 0.1) is 17.8 Å². The van der Waals surface area contributed by atoms with Gasteiger partial charge in [0.25, 0.3) is 11.8 Å². The Morgan fingerprint density at radius 1 is 1.12 bits per heavy atom. The summed E-state index contributed by atoms with van der Waals surface area (Å²) in [7, 11) is 2.84. The number of hydroxylamine groups is 2. The van der Waals surface area contributed by atoms with Crippen molar-refractivity contribution in [2.24, 2.45) is 17.8 Å². The number of aliphatic hydroxyl groups excluding tert-OH is 2. The van der Waals surface area contributed by atoms with Crippen molar-refractivity contribution in [1.82, 2.24) is 26.1 Å². The highest BCUT2D eigenvalue weighted by Crippen LogP contribution is 2.25. The van der Waals surface area contributed by atoms with Crippen LogP contribution in [0.25, 0.3) is 0 Å². The van der Waals surface area contributed by atoms with Gasteiger partial charge < -0.3 is 30.7 Å². The maximum absolute atomic E-state index is 14.3. The Morgan fingerprint density at radius 2 is 1.85 bits per heavy atom. The molecule has 2 unspecified atom stereocenters. The number of hydrazine groups is 1. The number of ether oxygens (including phenoxy) is 1. The monoisotopic (exact) mass is 935 g/mol. The van der Waals surface area contributed by atoms with Crippen LogP contribution in [0.15, 0.2) is 72.4 Å². The smallest absolute Gasteiger partial charge is 0.325 e. The lowest BCUT2D eigenvalue weighted by molar-refractivity contribution is -0.162. The number of halogens is 1. The number of hydrogen-bond acceptors (Lipinski definition) is 11. The fraction of sp³-hybridized carbons (Fsp3) is 0.558. The summed E-state index contributed by atoms with van der Waals surface area (Å²) in [4.78, 5) is 73.4. The molecule has 1 aromatic rings. The average Bonchev–Trinajstić information content (AvgIpc) is 3.20. The molecule has 2 aliphatic rings. The number of nitrogens with one attached hydrogen (secondary N) is 3. The molecule has 59 heavy (non-hydrogen) atoms. The highest BCUT2D eigenvalue weighted by atomic mass is 127. The Morgan fingerprint density at radius 3 is 2.51 bits per heavy atom. The van der Waals surface area contributed by atoms with Crippen molar-refractivity contribution in [3.63, 3.8) is 0 Å². The van der Waals surface area contributed by atoms with Crippen LogP contribution in [0.5, 0.6) is 5.75 Å². The van der Waals surface area contributed by atoms with Crippen LogP contribution in [-0.4, -0.2) is 116 Å². The maximum Gasteiger partial charge on any atom is 0.325 e. The number of phenolic OH excluding ortho intramolecular Hbond substituents is 1. The van der Waals surface area contributed by atoms with Crippen LogP contribution < -0.4 is 16.1 Å². The van der Waals surface area contributed by atoms with E-state index in [1.165, 1.54) is 49.5 Å². The summed E-state index contributed by atoms with van der Waals surface area (Å²) >= 11 is 2.25. The molecule has 1 saturated heterocycles. The van der Waals surface area contributed by atoms with E-state index < -0.39 is 83.8 Å². The molecule has 15 nitrogen and oxygen atoms in total. The summed E-state index contributed by atoms with van der Waals surface area (Å²) in [6.45, 7) is 9.13. The number of aliphatic hydroxyl groups is 2. The maximum atomic E-state index is 14.3. The zero-order valence-electron chi connectivity index (χ0n) is 35.0. The Balaban J connectivity index is 2.07. The molecule has 2 heterocycles. The highest BCUT2D eigenvalue weighted by Gasteiger charge is 2.38. The number of rotatable bonds is 10. The third-order valence-corrected chi connectivity index (χ3v) is 11.1. The lowest BCUT2D eigenvalue weighted by atomic mass is 9.84. The number of carbonyl (C=O) groups is 5. The van der Waals surface area contributed by atoms with Crippen LogP contribution >= 0.6 is 22.6 Å². The Kier molecular flexibility index (Phi) is 20.2. The molecule has 4 amide bonds. The number of nitrogens with zero attached hydrogens (tertiary/aromatic N) is 2. The van der Waals surface area contributed by atoms with E-state index in [0.717, 1.165) is 5.06 Å². The Hall–Kier alpha value is -4.10. The molecule has 16 heteroatoms. The van der Waals surface area contributed by atoms with E-state index in [2.05, 4.69) is 38.7 Å². The van der Waals surface area contributed by atoms with Gasteiger partial charge in [-0.25, -0.2) is 10.5 Å². The number of benzene rings is 1. The van der Waals surface area contributed by atoms with Crippen molar-refractivity contribution in [2.75, 3.05) is 20.7 Å². The molecule has 2 aliphatic heterocycles. The number of allylic oxidation sites excluding steroid dienone is 4. The van der Waals surface area contributed by atoms with E-state index >= 15 is 0 Å². The van der Waals surface area contributed by atoms with Crippen LogP contribution in [-0.2, 0) is 40.0 Å². The van der Waals surface area contributed by atoms with E-state index in [1.807, 2.05) is 6.92 Å². The molecule has 6 N–H and O–H groups in total. The minimum Gasteiger partial charge on any atom is -0.508 e. The molecular formula is C43H62IN5O10. The first kappa shape index (κ1) is 49.3. The van der Waals surface area contributed by atoms with E-state index in [1.54, 1.807) is 64.1 Å². The van der Waals surface area contributed by atoms with E-state index in [4.69, 9.17) is 9.57 Å². The van der Waals surface area contributed by atoms with Crippen LogP contribution in [0.3, 0.4) is 0 Å². The molecule has 0 aromatic heterocycles. The van der Waals surface area contributed by atoms with Gasteiger partial charge in [-0.05, 0) is 61.8 Å². The van der Waals surface area contributed by atoms with Crippen molar-refractivity contribution in [3.8, 4) is 5.75 Å². The molecule has 326 valence electrons. The number of cyclic esters (lactones) is 1. The number of fused-ring (bicyclic) bond motifs is 2. The van der Waals surface area contributed by atoms with Crippen LogP contribution in [0.2, 0.25) is 0 Å². The number of phenols is 1. The SMILES string of the molecule is CON(C)C(=O)/C=C/C=C(\C)[C@@H]1C/C=C/C=C/[C@H](O)[C@H](C)[C@@H](O)[C@@H](CCC(C)I)C(=O)N[C@@H](C(C)C)C(=O)N[C@@H](Cc2cccc(O)c2)C(=O)N2CCCC(N2)C(=O)O1. The molecule has 0 saturated carbocycles. The normalized spacial score (nSPS) is 28.8. The van der Waals surface area contributed by atoms with Crippen molar-refractivity contribution in [2.45, 2.75) is 114 Å². The van der Waals surface area contributed by atoms with E-state index in [9.17, 15) is 39.3 Å². The van der Waals surface area contributed by atoms with Crippen LogP contribution in [0.1, 0.15) is 72.3 Å².